The number of rotatable bonds is 13. The minimum atomic E-state index is -4.29. The summed E-state index contributed by atoms with van der Waals surface area (Å²) in [6, 6.07) is 17.5. The molecular formula is C34H42ClN3O6S. The Bertz CT molecular complexity index is 1570. The second kappa shape index (κ2) is 15.5. The van der Waals surface area contributed by atoms with Crippen LogP contribution in [-0.4, -0.2) is 58.0 Å². The summed E-state index contributed by atoms with van der Waals surface area (Å²) in [4.78, 5) is 29.4. The molecular weight excluding hydrogens is 614 g/mol. The summed E-state index contributed by atoms with van der Waals surface area (Å²) < 4.78 is 40.2. The fraction of sp³-hybridized carbons (Fsp3) is 0.412. The molecule has 242 valence electrons. The van der Waals surface area contributed by atoms with Gasteiger partial charge in [0.25, 0.3) is 10.0 Å². The van der Waals surface area contributed by atoms with Crippen molar-refractivity contribution in [3.8, 4) is 11.5 Å². The fourth-order valence-electron chi connectivity index (χ4n) is 5.62. The van der Waals surface area contributed by atoms with Crippen molar-refractivity contribution in [2.75, 3.05) is 25.1 Å². The Morgan fingerprint density at radius 2 is 1.62 bits per heavy atom. The maximum absolute atomic E-state index is 14.4. The van der Waals surface area contributed by atoms with E-state index in [1.165, 1.54) is 37.3 Å². The van der Waals surface area contributed by atoms with Crippen molar-refractivity contribution in [1.82, 2.24) is 10.2 Å². The average molecular weight is 656 g/mol. The molecule has 0 radical (unpaired) electrons. The van der Waals surface area contributed by atoms with Gasteiger partial charge in [0.1, 0.15) is 12.6 Å². The van der Waals surface area contributed by atoms with Gasteiger partial charge in [-0.3, -0.25) is 13.9 Å². The van der Waals surface area contributed by atoms with E-state index in [4.69, 9.17) is 21.1 Å². The Morgan fingerprint density at radius 3 is 2.24 bits per heavy atom. The normalized spacial score (nSPS) is 14.3. The summed E-state index contributed by atoms with van der Waals surface area (Å²) in [5.74, 6) is -0.186. The van der Waals surface area contributed by atoms with E-state index in [2.05, 4.69) is 5.32 Å². The van der Waals surface area contributed by atoms with Crippen molar-refractivity contribution in [3.63, 3.8) is 0 Å². The van der Waals surface area contributed by atoms with E-state index in [1.807, 2.05) is 19.9 Å². The van der Waals surface area contributed by atoms with Crippen LogP contribution in [0.2, 0.25) is 5.02 Å². The maximum atomic E-state index is 14.4. The number of nitrogens with zero attached hydrogens (tertiary/aromatic N) is 2. The van der Waals surface area contributed by atoms with E-state index < -0.39 is 28.5 Å². The molecule has 1 atom stereocenters. The number of ether oxygens (including phenoxy) is 2. The van der Waals surface area contributed by atoms with Gasteiger partial charge in [-0.15, -0.1) is 0 Å². The zero-order valence-corrected chi connectivity index (χ0v) is 27.9. The summed E-state index contributed by atoms with van der Waals surface area (Å²) in [6.45, 7) is 3.23. The van der Waals surface area contributed by atoms with Crippen LogP contribution in [0.1, 0.15) is 56.6 Å². The maximum Gasteiger partial charge on any atom is 0.264 e. The van der Waals surface area contributed by atoms with Gasteiger partial charge in [-0.25, -0.2) is 8.42 Å². The number of sulfonamides is 1. The highest BCUT2D eigenvalue weighted by atomic mass is 35.5. The molecule has 2 amide bonds. The highest BCUT2D eigenvalue weighted by Crippen LogP contribution is 2.33. The van der Waals surface area contributed by atoms with E-state index in [0.717, 1.165) is 42.0 Å². The van der Waals surface area contributed by atoms with Crippen LogP contribution < -0.4 is 19.1 Å². The summed E-state index contributed by atoms with van der Waals surface area (Å²) in [5.41, 5.74) is 1.89. The lowest BCUT2D eigenvalue weighted by Crippen LogP contribution is -2.54. The topological polar surface area (TPSA) is 105 Å². The van der Waals surface area contributed by atoms with Gasteiger partial charge in [0, 0.05) is 23.7 Å². The van der Waals surface area contributed by atoms with E-state index >= 15 is 0 Å². The van der Waals surface area contributed by atoms with Gasteiger partial charge in [-0.1, -0.05) is 73.7 Å². The van der Waals surface area contributed by atoms with E-state index in [9.17, 15) is 18.0 Å². The number of benzene rings is 3. The minimum Gasteiger partial charge on any atom is -0.493 e. The summed E-state index contributed by atoms with van der Waals surface area (Å²) in [5, 5.41) is 3.60. The van der Waals surface area contributed by atoms with Gasteiger partial charge in [0.05, 0.1) is 24.8 Å². The first-order valence-electron chi connectivity index (χ1n) is 15.2. The first kappa shape index (κ1) is 34.1. The molecule has 0 bridgehead atoms. The van der Waals surface area contributed by atoms with Gasteiger partial charge in [0.15, 0.2) is 11.5 Å². The summed E-state index contributed by atoms with van der Waals surface area (Å²) in [6.07, 6.45) is 5.36. The second-order valence-electron chi connectivity index (χ2n) is 11.2. The highest BCUT2D eigenvalue weighted by Gasteiger charge is 2.35. The smallest absolute Gasteiger partial charge is 0.264 e. The molecule has 1 saturated carbocycles. The largest absolute Gasteiger partial charge is 0.493 e. The molecule has 11 heteroatoms. The first-order valence-corrected chi connectivity index (χ1v) is 17.1. The van der Waals surface area contributed by atoms with Crippen LogP contribution in [0, 0.1) is 6.92 Å². The van der Waals surface area contributed by atoms with Crippen molar-refractivity contribution >= 4 is 39.1 Å². The molecule has 1 aliphatic carbocycles. The van der Waals surface area contributed by atoms with Crippen LogP contribution >= 0.6 is 11.6 Å². The molecule has 1 N–H and O–H groups in total. The average Bonchev–Trinajstić information content (AvgIpc) is 3.04. The Kier molecular flexibility index (Phi) is 11.7. The molecule has 3 aromatic rings. The van der Waals surface area contributed by atoms with Gasteiger partial charge in [-0.05, 0) is 62.1 Å². The van der Waals surface area contributed by atoms with Crippen molar-refractivity contribution in [3.05, 3.63) is 82.9 Å². The lowest BCUT2D eigenvalue weighted by molar-refractivity contribution is -0.140. The van der Waals surface area contributed by atoms with Gasteiger partial charge in [-0.2, -0.15) is 0 Å². The molecule has 0 heterocycles. The van der Waals surface area contributed by atoms with Crippen molar-refractivity contribution < 1.29 is 27.5 Å². The first-order chi connectivity index (χ1) is 21.6. The van der Waals surface area contributed by atoms with Crippen LogP contribution in [0.5, 0.6) is 11.5 Å². The van der Waals surface area contributed by atoms with E-state index in [0.29, 0.717) is 28.4 Å². The number of hydrogen-bond donors (Lipinski definition) is 1. The third kappa shape index (κ3) is 8.29. The predicted molar refractivity (Wildman–Crippen MR) is 176 cm³/mol. The Morgan fingerprint density at radius 1 is 0.956 bits per heavy atom. The molecule has 1 aliphatic rings. The Balaban J connectivity index is 1.74. The quantitative estimate of drug-likeness (QED) is 0.238. The molecule has 0 spiro atoms. The SMILES string of the molecule is CC[C@H](C(=O)NC1CCCCC1)N(Cc1ccccc1Cl)C(=O)CN(c1ccc(C)cc1)S(=O)(=O)c1ccc(OC)c(OC)c1. The number of carbonyl (C=O) groups excluding carboxylic acids is 2. The fourth-order valence-corrected chi connectivity index (χ4v) is 7.24. The number of amides is 2. The minimum absolute atomic E-state index is 0.0350. The number of anilines is 1. The van der Waals surface area contributed by atoms with Gasteiger partial charge < -0.3 is 19.7 Å². The van der Waals surface area contributed by atoms with E-state index in [1.54, 1.807) is 42.5 Å². The standard InChI is InChI=1S/C34H42ClN3O6S/c1-5-30(34(40)36-26-12-7-6-8-13-26)37(22-25-11-9-10-14-29(25)35)33(39)23-38(27-17-15-24(2)16-18-27)45(41,42)28-19-20-31(43-3)32(21-28)44-4/h9-11,14-21,26,30H,5-8,12-13,22-23H2,1-4H3,(H,36,40)/t30-/m1/s1. The van der Waals surface area contributed by atoms with Crippen LogP contribution in [0.4, 0.5) is 5.69 Å². The lowest BCUT2D eigenvalue weighted by atomic mass is 9.95. The Labute approximate surface area is 271 Å². The molecule has 9 nitrogen and oxygen atoms in total. The number of methoxy groups -OCH3 is 2. The molecule has 4 rings (SSSR count). The summed E-state index contributed by atoms with van der Waals surface area (Å²) >= 11 is 6.51. The van der Waals surface area contributed by atoms with Crippen LogP contribution in [0.25, 0.3) is 0 Å². The molecule has 45 heavy (non-hydrogen) atoms. The number of hydrogen-bond acceptors (Lipinski definition) is 6. The number of aryl methyl sites for hydroxylation is 1. The number of nitrogens with one attached hydrogen (secondary N) is 1. The second-order valence-corrected chi connectivity index (χ2v) is 13.5. The number of halogens is 1. The molecule has 0 aromatic heterocycles. The number of carbonyl (C=O) groups is 2. The van der Waals surface area contributed by atoms with Crippen molar-refractivity contribution in [2.45, 2.75) is 75.9 Å². The van der Waals surface area contributed by atoms with Gasteiger partial charge >= 0.3 is 0 Å². The molecule has 0 saturated heterocycles. The third-order valence-corrected chi connectivity index (χ3v) is 10.3. The third-order valence-electron chi connectivity index (χ3n) is 8.18. The molecule has 0 aliphatic heterocycles. The zero-order chi connectivity index (χ0) is 32.6. The highest BCUT2D eigenvalue weighted by molar-refractivity contribution is 7.92. The molecule has 1 fully saturated rings. The van der Waals surface area contributed by atoms with Crippen LogP contribution in [-0.2, 0) is 26.2 Å². The van der Waals surface area contributed by atoms with Crippen molar-refractivity contribution in [1.29, 1.82) is 0 Å². The predicted octanol–water partition coefficient (Wildman–Crippen LogP) is 6.12. The van der Waals surface area contributed by atoms with Crippen LogP contribution in [0.3, 0.4) is 0 Å². The molecule has 3 aromatic carbocycles. The Hall–Kier alpha value is -3.76. The van der Waals surface area contributed by atoms with Crippen molar-refractivity contribution in [2.24, 2.45) is 0 Å². The monoisotopic (exact) mass is 655 g/mol. The summed E-state index contributed by atoms with van der Waals surface area (Å²) in [7, 11) is -1.40. The molecule has 0 unspecified atom stereocenters. The zero-order valence-electron chi connectivity index (χ0n) is 26.3. The lowest BCUT2D eigenvalue weighted by Gasteiger charge is -2.34. The van der Waals surface area contributed by atoms with E-state index in [-0.39, 0.29) is 29.1 Å². The van der Waals surface area contributed by atoms with Gasteiger partial charge in [0.2, 0.25) is 11.8 Å². The van der Waals surface area contributed by atoms with Crippen LogP contribution in [0.15, 0.2) is 71.6 Å².